The summed E-state index contributed by atoms with van der Waals surface area (Å²) in [5.41, 5.74) is 5.80. The van der Waals surface area contributed by atoms with Crippen LogP contribution in [0.1, 0.15) is 19.2 Å². The molecule has 0 saturated carbocycles. The Bertz CT molecular complexity index is 473. The van der Waals surface area contributed by atoms with E-state index in [1.807, 2.05) is 0 Å². The summed E-state index contributed by atoms with van der Waals surface area (Å²) in [5, 5.41) is 10.9. The zero-order chi connectivity index (χ0) is 14.7. The molecule has 0 bridgehead atoms. The van der Waals surface area contributed by atoms with Gasteiger partial charge in [0.1, 0.15) is 12.7 Å². The summed E-state index contributed by atoms with van der Waals surface area (Å²) in [4.78, 5) is 16.9. The van der Waals surface area contributed by atoms with Crippen molar-refractivity contribution in [2.75, 3.05) is 26.2 Å². The van der Waals surface area contributed by atoms with Gasteiger partial charge in [0.2, 0.25) is 0 Å². The van der Waals surface area contributed by atoms with Crippen LogP contribution in [0.4, 0.5) is 5.82 Å². The summed E-state index contributed by atoms with van der Waals surface area (Å²) in [7, 11) is 0. The highest BCUT2D eigenvalue weighted by atomic mass is 16.6. The predicted octanol–water partition coefficient (Wildman–Crippen LogP) is 1.02. The molecule has 0 aromatic carbocycles. The van der Waals surface area contributed by atoms with E-state index in [1.54, 1.807) is 11.5 Å². The molecule has 0 spiro atoms. The van der Waals surface area contributed by atoms with Crippen LogP contribution in [-0.4, -0.2) is 45.6 Å². The molecule has 7 heteroatoms. The van der Waals surface area contributed by atoms with Crippen LogP contribution in [0, 0.1) is 28.9 Å². The molecule has 2 rings (SSSR count). The van der Waals surface area contributed by atoms with E-state index in [1.165, 1.54) is 6.20 Å². The maximum absolute atomic E-state index is 10.9. The van der Waals surface area contributed by atoms with Crippen molar-refractivity contribution in [3.8, 4) is 0 Å². The van der Waals surface area contributed by atoms with Gasteiger partial charge in [-0.3, -0.25) is 4.90 Å². The molecule has 1 aromatic rings. The van der Waals surface area contributed by atoms with Gasteiger partial charge in [-0.05, 0) is 36.3 Å². The molecule has 2 heterocycles. The first-order valence-corrected chi connectivity index (χ1v) is 7.12. The molecule has 0 radical (unpaired) electrons. The van der Waals surface area contributed by atoms with Crippen LogP contribution >= 0.6 is 0 Å². The summed E-state index contributed by atoms with van der Waals surface area (Å²) in [6.07, 6.45) is 2.48. The van der Waals surface area contributed by atoms with Crippen molar-refractivity contribution >= 4 is 5.82 Å². The molecule has 1 aliphatic heterocycles. The minimum atomic E-state index is -0.374. The third-order valence-corrected chi connectivity index (χ3v) is 4.36. The third-order valence-electron chi connectivity index (χ3n) is 4.36. The lowest BCUT2D eigenvalue weighted by Crippen LogP contribution is -2.43. The van der Waals surface area contributed by atoms with Crippen LogP contribution < -0.4 is 5.73 Å². The van der Waals surface area contributed by atoms with Gasteiger partial charge in [-0.2, -0.15) is 0 Å². The quantitative estimate of drug-likeness (QED) is 0.642. The molecule has 1 fully saturated rings. The van der Waals surface area contributed by atoms with E-state index in [-0.39, 0.29) is 10.7 Å². The summed E-state index contributed by atoms with van der Waals surface area (Å²) in [5.74, 6) is 1.96. The largest absolute Gasteiger partial charge is 0.358 e. The predicted molar refractivity (Wildman–Crippen MR) is 76.4 cm³/mol. The van der Waals surface area contributed by atoms with Crippen molar-refractivity contribution in [1.82, 2.24) is 14.5 Å². The lowest BCUT2D eigenvalue weighted by Gasteiger charge is -2.36. The zero-order valence-corrected chi connectivity index (χ0v) is 12.2. The average molecular weight is 281 g/mol. The fourth-order valence-electron chi connectivity index (χ4n) is 2.85. The number of nitro groups is 1. The Morgan fingerprint density at radius 2 is 2.30 bits per heavy atom. The topological polar surface area (TPSA) is 90.2 Å². The van der Waals surface area contributed by atoms with Gasteiger partial charge in [0.05, 0.1) is 0 Å². The highest BCUT2D eigenvalue weighted by Crippen LogP contribution is 2.22. The van der Waals surface area contributed by atoms with E-state index in [4.69, 9.17) is 5.73 Å². The first-order valence-electron chi connectivity index (χ1n) is 7.12. The Kier molecular flexibility index (Phi) is 4.72. The minimum Gasteiger partial charge on any atom is -0.358 e. The molecule has 1 aromatic heterocycles. The molecule has 1 saturated heterocycles. The monoisotopic (exact) mass is 281 g/mol. The van der Waals surface area contributed by atoms with Crippen LogP contribution in [0.15, 0.2) is 6.20 Å². The number of nitrogens with two attached hydrogens (primary N) is 1. The van der Waals surface area contributed by atoms with Gasteiger partial charge in [-0.25, -0.2) is 9.55 Å². The number of imidazole rings is 1. The summed E-state index contributed by atoms with van der Waals surface area (Å²) < 4.78 is 1.68. The number of aromatic nitrogens is 2. The van der Waals surface area contributed by atoms with E-state index in [9.17, 15) is 10.1 Å². The highest BCUT2D eigenvalue weighted by molar-refractivity contribution is 5.18. The van der Waals surface area contributed by atoms with Gasteiger partial charge >= 0.3 is 5.82 Å². The van der Waals surface area contributed by atoms with Gasteiger partial charge < -0.3 is 15.8 Å². The average Bonchev–Trinajstić information content (AvgIpc) is 2.79. The first kappa shape index (κ1) is 14.9. The number of likely N-dealkylation sites (tertiary alicyclic amines) is 1. The standard InChI is InChI=1S/C13H23N5O2/c1-10-3-4-16(9-12(10)7-14)5-6-17-11(2)15-8-13(17)18(19)20/h8,10,12H,3-7,9,14H2,1-2H3. The maximum Gasteiger partial charge on any atom is 0.342 e. The van der Waals surface area contributed by atoms with Crippen LogP contribution in [-0.2, 0) is 6.54 Å². The molecule has 0 amide bonds. The van der Waals surface area contributed by atoms with Gasteiger partial charge in [-0.15, -0.1) is 0 Å². The second kappa shape index (κ2) is 6.32. The molecule has 112 valence electrons. The zero-order valence-electron chi connectivity index (χ0n) is 12.2. The van der Waals surface area contributed by atoms with Crippen molar-refractivity contribution in [3.63, 3.8) is 0 Å². The van der Waals surface area contributed by atoms with Crippen molar-refractivity contribution in [2.45, 2.75) is 26.8 Å². The maximum atomic E-state index is 10.9. The lowest BCUT2D eigenvalue weighted by atomic mass is 9.87. The molecule has 1 aliphatic rings. The molecule has 2 N–H and O–H groups in total. The van der Waals surface area contributed by atoms with Gasteiger partial charge in [0, 0.05) is 20.0 Å². The number of rotatable bonds is 5. The van der Waals surface area contributed by atoms with Gasteiger partial charge in [-0.1, -0.05) is 6.92 Å². The number of hydrogen-bond donors (Lipinski definition) is 1. The van der Waals surface area contributed by atoms with E-state index in [0.717, 1.165) is 26.1 Å². The number of aryl methyl sites for hydroxylation is 1. The van der Waals surface area contributed by atoms with E-state index >= 15 is 0 Å². The summed E-state index contributed by atoms with van der Waals surface area (Å²) in [6, 6.07) is 0. The van der Waals surface area contributed by atoms with Crippen molar-refractivity contribution in [2.24, 2.45) is 17.6 Å². The fourth-order valence-corrected chi connectivity index (χ4v) is 2.85. The Hall–Kier alpha value is -1.47. The lowest BCUT2D eigenvalue weighted by molar-refractivity contribution is -0.392. The number of nitrogens with zero attached hydrogens (tertiary/aromatic N) is 4. The summed E-state index contributed by atoms with van der Waals surface area (Å²) >= 11 is 0. The molecular formula is C13H23N5O2. The van der Waals surface area contributed by atoms with Crippen LogP contribution in [0.2, 0.25) is 0 Å². The van der Waals surface area contributed by atoms with Gasteiger partial charge in [0.15, 0.2) is 5.82 Å². The van der Waals surface area contributed by atoms with Crippen LogP contribution in [0.3, 0.4) is 0 Å². The van der Waals surface area contributed by atoms with Gasteiger partial charge in [0.25, 0.3) is 0 Å². The molecule has 20 heavy (non-hydrogen) atoms. The van der Waals surface area contributed by atoms with E-state index in [0.29, 0.717) is 30.7 Å². The minimum absolute atomic E-state index is 0.0725. The molecule has 0 aliphatic carbocycles. The van der Waals surface area contributed by atoms with E-state index < -0.39 is 0 Å². The normalized spacial score (nSPS) is 23.9. The molecule has 2 unspecified atom stereocenters. The Morgan fingerprint density at radius 3 is 2.95 bits per heavy atom. The smallest absolute Gasteiger partial charge is 0.342 e. The molecule has 2 atom stereocenters. The Morgan fingerprint density at radius 1 is 1.55 bits per heavy atom. The number of hydrogen-bond acceptors (Lipinski definition) is 5. The van der Waals surface area contributed by atoms with Crippen LogP contribution in [0.5, 0.6) is 0 Å². The van der Waals surface area contributed by atoms with Crippen molar-refractivity contribution in [3.05, 3.63) is 22.1 Å². The number of piperidine rings is 1. The van der Waals surface area contributed by atoms with Crippen molar-refractivity contribution < 1.29 is 4.92 Å². The molecular weight excluding hydrogens is 258 g/mol. The van der Waals surface area contributed by atoms with Crippen molar-refractivity contribution in [1.29, 1.82) is 0 Å². The van der Waals surface area contributed by atoms with E-state index in [2.05, 4.69) is 16.8 Å². The Balaban J connectivity index is 1.96. The second-order valence-electron chi connectivity index (χ2n) is 5.63. The Labute approximate surface area is 118 Å². The second-order valence-corrected chi connectivity index (χ2v) is 5.63. The fraction of sp³-hybridized carbons (Fsp3) is 0.769. The third kappa shape index (κ3) is 3.16. The van der Waals surface area contributed by atoms with Crippen LogP contribution in [0.25, 0.3) is 0 Å². The molecule has 7 nitrogen and oxygen atoms in total. The summed E-state index contributed by atoms with van der Waals surface area (Å²) in [6.45, 7) is 8.20. The highest BCUT2D eigenvalue weighted by Gasteiger charge is 2.26. The first-order chi connectivity index (χ1) is 9.52. The SMILES string of the molecule is Cc1ncc([N+](=O)[O-])n1CCN1CCC(C)C(CN)C1.